The summed E-state index contributed by atoms with van der Waals surface area (Å²) >= 11 is 1.13. The molecule has 4 rings (SSSR count). The van der Waals surface area contributed by atoms with E-state index < -0.39 is 12.6 Å². The lowest BCUT2D eigenvalue weighted by atomic mass is 9.86. The molecule has 2 aromatic rings. The van der Waals surface area contributed by atoms with Crippen LogP contribution in [-0.2, 0) is 6.42 Å². The van der Waals surface area contributed by atoms with E-state index in [1.54, 1.807) is 6.07 Å². The predicted octanol–water partition coefficient (Wildman–Crippen LogP) is 5.67. The highest BCUT2D eigenvalue weighted by atomic mass is 32.1. The Balaban J connectivity index is 1.39. The number of anilines is 1. The van der Waals surface area contributed by atoms with Crippen LogP contribution in [0.3, 0.4) is 0 Å². The maximum atomic E-state index is 12.8. The zero-order valence-corrected chi connectivity index (χ0v) is 18.5. The molecule has 0 radical (unpaired) electrons. The zero-order valence-electron chi connectivity index (χ0n) is 17.7. The number of rotatable bonds is 8. The molecule has 2 saturated heterocycles. The molecule has 0 aliphatic carbocycles. The Labute approximate surface area is 180 Å². The van der Waals surface area contributed by atoms with E-state index >= 15 is 0 Å². The fourth-order valence-corrected chi connectivity index (χ4v) is 6.06. The first-order valence-electron chi connectivity index (χ1n) is 11.1. The number of alkyl halides is 3. The van der Waals surface area contributed by atoms with E-state index in [1.807, 2.05) is 0 Å². The van der Waals surface area contributed by atoms with Gasteiger partial charge in [-0.2, -0.15) is 13.2 Å². The summed E-state index contributed by atoms with van der Waals surface area (Å²) in [4.78, 5) is 14.5. The van der Waals surface area contributed by atoms with Crippen LogP contribution in [0.15, 0.2) is 12.4 Å². The molecule has 4 heterocycles. The van der Waals surface area contributed by atoms with Crippen molar-refractivity contribution in [1.29, 1.82) is 0 Å². The highest BCUT2D eigenvalue weighted by molar-refractivity contribution is 7.18. The van der Waals surface area contributed by atoms with E-state index in [1.165, 1.54) is 51.4 Å². The van der Waals surface area contributed by atoms with Crippen molar-refractivity contribution in [3.8, 4) is 0 Å². The predicted molar refractivity (Wildman–Crippen MR) is 116 cm³/mol. The molecule has 1 spiro atoms. The highest BCUT2D eigenvalue weighted by Gasteiger charge is 2.44. The first-order chi connectivity index (χ1) is 14.4. The summed E-state index contributed by atoms with van der Waals surface area (Å²) < 4.78 is 38.4. The third kappa shape index (κ3) is 5.07. The molecule has 1 atom stereocenters. The van der Waals surface area contributed by atoms with Gasteiger partial charge in [-0.25, -0.2) is 9.97 Å². The van der Waals surface area contributed by atoms with Gasteiger partial charge in [-0.1, -0.05) is 32.6 Å². The minimum Gasteiger partial charge on any atom is -0.355 e. The number of halogens is 3. The third-order valence-electron chi connectivity index (χ3n) is 6.57. The van der Waals surface area contributed by atoms with Crippen molar-refractivity contribution in [2.75, 3.05) is 37.6 Å². The smallest absolute Gasteiger partial charge is 0.355 e. The second kappa shape index (κ2) is 8.99. The first-order valence-corrected chi connectivity index (χ1v) is 12.0. The van der Waals surface area contributed by atoms with Gasteiger partial charge < -0.3 is 9.80 Å². The van der Waals surface area contributed by atoms with E-state index in [0.717, 1.165) is 55.1 Å². The molecule has 2 aromatic heterocycles. The SMILES string of the molecule is CCCCCCCN1CCC2(CCN(c3ncnc4sc(CC(F)(F)F)cc34)C2)C1. The van der Waals surface area contributed by atoms with Gasteiger partial charge in [0.05, 0.1) is 11.8 Å². The van der Waals surface area contributed by atoms with Crippen molar-refractivity contribution in [2.24, 2.45) is 5.41 Å². The minimum atomic E-state index is -4.20. The average Bonchev–Trinajstić information content (AvgIpc) is 3.39. The second-order valence-corrected chi connectivity index (χ2v) is 10.1. The van der Waals surface area contributed by atoms with E-state index in [4.69, 9.17) is 0 Å². The molecule has 166 valence electrons. The van der Waals surface area contributed by atoms with Gasteiger partial charge in [-0.15, -0.1) is 11.3 Å². The van der Waals surface area contributed by atoms with Crippen LogP contribution in [0.5, 0.6) is 0 Å². The molecule has 2 aliphatic heterocycles. The number of hydrogen-bond donors (Lipinski definition) is 0. The Morgan fingerprint density at radius 2 is 1.87 bits per heavy atom. The summed E-state index contributed by atoms with van der Waals surface area (Å²) in [6.45, 7) is 7.59. The van der Waals surface area contributed by atoms with Crippen molar-refractivity contribution >= 4 is 27.4 Å². The molecule has 4 nitrogen and oxygen atoms in total. The van der Waals surface area contributed by atoms with Gasteiger partial charge in [-0.3, -0.25) is 0 Å². The molecule has 8 heteroatoms. The van der Waals surface area contributed by atoms with E-state index in [0.29, 0.717) is 15.1 Å². The van der Waals surface area contributed by atoms with Gasteiger partial charge in [0.2, 0.25) is 0 Å². The van der Waals surface area contributed by atoms with Crippen molar-refractivity contribution in [1.82, 2.24) is 14.9 Å². The van der Waals surface area contributed by atoms with E-state index in [2.05, 4.69) is 26.7 Å². The fraction of sp³-hybridized carbons (Fsp3) is 0.727. The highest BCUT2D eigenvalue weighted by Crippen LogP contribution is 2.43. The molecule has 0 aromatic carbocycles. The molecule has 2 fully saturated rings. The van der Waals surface area contributed by atoms with Crippen LogP contribution < -0.4 is 4.90 Å². The summed E-state index contributed by atoms with van der Waals surface area (Å²) in [5.41, 5.74) is 0.297. The molecule has 1 unspecified atom stereocenters. The number of likely N-dealkylation sites (tertiary alicyclic amines) is 1. The molecular formula is C22H31F3N4S. The maximum absolute atomic E-state index is 12.8. The molecule has 0 amide bonds. The normalized spacial score (nSPS) is 22.7. The maximum Gasteiger partial charge on any atom is 0.393 e. The number of nitrogens with zero attached hydrogens (tertiary/aromatic N) is 4. The van der Waals surface area contributed by atoms with Gasteiger partial charge in [0.15, 0.2) is 0 Å². The van der Waals surface area contributed by atoms with Crippen molar-refractivity contribution in [3.05, 3.63) is 17.3 Å². The molecular weight excluding hydrogens is 409 g/mol. The van der Waals surface area contributed by atoms with Crippen LogP contribution in [-0.4, -0.2) is 53.8 Å². The Bertz CT molecular complexity index is 853. The van der Waals surface area contributed by atoms with Crippen LogP contribution >= 0.6 is 11.3 Å². The molecule has 30 heavy (non-hydrogen) atoms. The zero-order chi connectivity index (χ0) is 21.2. The average molecular weight is 441 g/mol. The lowest BCUT2D eigenvalue weighted by molar-refractivity contribution is -0.126. The molecule has 0 bridgehead atoms. The monoisotopic (exact) mass is 440 g/mol. The Morgan fingerprint density at radius 3 is 2.67 bits per heavy atom. The molecule has 2 aliphatic rings. The number of hydrogen-bond acceptors (Lipinski definition) is 5. The third-order valence-corrected chi connectivity index (χ3v) is 7.61. The van der Waals surface area contributed by atoms with Crippen LogP contribution in [0.1, 0.15) is 56.7 Å². The summed E-state index contributed by atoms with van der Waals surface area (Å²) in [6.07, 6.45) is 5.28. The second-order valence-electron chi connectivity index (χ2n) is 9.03. The Morgan fingerprint density at radius 1 is 1.07 bits per heavy atom. The van der Waals surface area contributed by atoms with Crippen LogP contribution in [0.2, 0.25) is 0 Å². The lowest BCUT2D eigenvalue weighted by Gasteiger charge is -2.25. The summed E-state index contributed by atoms with van der Waals surface area (Å²) in [5.74, 6) is 0.805. The van der Waals surface area contributed by atoms with Gasteiger partial charge in [0.1, 0.15) is 17.0 Å². The van der Waals surface area contributed by atoms with Crippen molar-refractivity contribution in [3.63, 3.8) is 0 Å². The van der Waals surface area contributed by atoms with Gasteiger partial charge >= 0.3 is 6.18 Å². The van der Waals surface area contributed by atoms with Gasteiger partial charge in [0.25, 0.3) is 0 Å². The van der Waals surface area contributed by atoms with Crippen LogP contribution in [0.25, 0.3) is 10.2 Å². The summed E-state index contributed by atoms with van der Waals surface area (Å²) in [6, 6.07) is 1.64. The number of thiophene rings is 1. The lowest BCUT2D eigenvalue weighted by Crippen LogP contribution is -2.31. The topological polar surface area (TPSA) is 32.3 Å². The van der Waals surface area contributed by atoms with Crippen molar-refractivity contribution in [2.45, 2.75) is 64.5 Å². The quantitative estimate of drug-likeness (QED) is 0.495. The number of fused-ring (bicyclic) bond motifs is 1. The first kappa shape index (κ1) is 21.8. The fourth-order valence-electron chi connectivity index (χ4n) is 5.04. The molecule has 0 saturated carbocycles. The Hall–Kier alpha value is -1.41. The number of unbranched alkanes of at least 4 members (excludes halogenated alkanes) is 4. The molecule has 0 N–H and O–H groups in total. The van der Waals surface area contributed by atoms with Crippen molar-refractivity contribution < 1.29 is 13.2 Å². The van der Waals surface area contributed by atoms with Crippen LogP contribution in [0.4, 0.5) is 19.0 Å². The Kier molecular flexibility index (Phi) is 6.53. The largest absolute Gasteiger partial charge is 0.393 e. The van der Waals surface area contributed by atoms with Gasteiger partial charge in [-0.05, 0) is 38.4 Å². The minimum absolute atomic E-state index is 0.297. The standard InChI is InChI=1S/C22H31F3N4S/c1-2-3-4-5-6-9-28-10-7-21(14-28)8-11-29(15-21)19-18-12-17(13-22(23,24)25)30-20(18)27-16-26-19/h12,16H,2-11,13-15H2,1H3. The summed E-state index contributed by atoms with van der Waals surface area (Å²) in [7, 11) is 0. The van der Waals surface area contributed by atoms with E-state index in [9.17, 15) is 13.2 Å². The van der Waals surface area contributed by atoms with Gasteiger partial charge in [0, 0.05) is 29.9 Å². The summed E-state index contributed by atoms with van der Waals surface area (Å²) in [5, 5.41) is 0.768. The van der Waals surface area contributed by atoms with Crippen LogP contribution in [0, 0.1) is 5.41 Å². The van der Waals surface area contributed by atoms with E-state index in [-0.39, 0.29) is 0 Å². The number of aromatic nitrogens is 2.